The van der Waals surface area contributed by atoms with Gasteiger partial charge in [-0.25, -0.2) is 0 Å². The number of hydrogen-bond donors (Lipinski definition) is 1. The molecule has 1 amide bonds. The third kappa shape index (κ3) is 2.70. The fourth-order valence-corrected chi connectivity index (χ4v) is 2.74. The molecular weight excluding hydrogens is 307 g/mol. The van der Waals surface area contributed by atoms with Crippen LogP contribution in [0.2, 0.25) is 0 Å². The molecule has 23 heavy (non-hydrogen) atoms. The van der Waals surface area contributed by atoms with E-state index in [9.17, 15) is 23.1 Å². The van der Waals surface area contributed by atoms with E-state index in [1.54, 1.807) is 30.3 Å². The van der Waals surface area contributed by atoms with Crippen molar-refractivity contribution in [2.24, 2.45) is 0 Å². The summed E-state index contributed by atoms with van der Waals surface area (Å²) in [5.41, 5.74) is -0.284. The zero-order valence-electron chi connectivity index (χ0n) is 12.3. The van der Waals surface area contributed by atoms with Crippen LogP contribution in [0.25, 0.3) is 0 Å². The number of para-hydroxylation sites is 1. The van der Waals surface area contributed by atoms with Gasteiger partial charge in [0, 0.05) is 11.3 Å². The first-order valence-electron chi connectivity index (χ1n) is 7.08. The fraction of sp³-hybridized carbons (Fsp3) is 0.235. The van der Waals surface area contributed by atoms with Crippen LogP contribution in [0.1, 0.15) is 40.1 Å². The summed E-state index contributed by atoms with van der Waals surface area (Å²) in [6.45, 7) is 1.24. The van der Waals surface area contributed by atoms with E-state index in [1.165, 1.54) is 17.9 Å². The highest BCUT2D eigenvalue weighted by Gasteiger charge is 2.40. The summed E-state index contributed by atoms with van der Waals surface area (Å²) < 4.78 is 40.0. The van der Waals surface area contributed by atoms with Crippen LogP contribution < -0.4 is 4.90 Å². The number of carbonyl (C=O) groups is 1. The van der Waals surface area contributed by atoms with Gasteiger partial charge in [0.15, 0.2) is 0 Å². The van der Waals surface area contributed by atoms with Crippen molar-refractivity contribution in [1.29, 1.82) is 0 Å². The van der Waals surface area contributed by atoms with E-state index in [1.807, 2.05) is 0 Å². The van der Waals surface area contributed by atoms with Gasteiger partial charge in [0.05, 0.1) is 18.2 Å². The third-order valence-corrected chi connectivity index (χ3v) is 3.92. The molecule has 0 saturated carbocycles. The molecule has 1 unspecified atom stereocenters. The molecule has 0 aromatic heterocycles. The van der Waals surface area contributed by atoms with Crippen LogP contribution in [0.15, 0.2) is 42.5 Å². The highest BCUT2D eigenvalue weighted by atomic mass is 19.4. The van der Waals surface area contributed by atoms with Crippen molar-refractivity contribution in [1.82, 2.24) is 0 Å². The van der Waals surface area contributed by atoms with Crippen LogP contribution in [-0.2, 0) is 12.7 Å². The standard InChI is InChI=1S/C17H14F3NO2/c1-10(22)11-7-13-14(15(8-11)17(18,19)20)9-21(16(13)23)12-5-3-2-4-6-12/h2-8,10,22H,9H2,1H3. The summed E-state index contributed by atoms with van der Waals surface area (Å²) in [5, 5.41) is 9.62. The second-order valence-electron chi connectivity index (χ2n) is 5.50. The summed E-state index contributed by atoms with van der Waals surface area (Å²) in [7, 11) is 0. The minimum absolute atomic E-state index is 0.000391. The van der Waals surface area contributed by atoms with Crippen molar-refractivity contribution >= 4 is 11.6 Å². The largest absolute Gasteiger partial charge is 0.416 e. The topological polar surface area (TPSA) is 40.5 Å². The molecule has 1 N–H and O–H groups in total. The first kappa shape index (κ1) is 15.6. The first-order chi connectivity index (χ1) is 10.8. The van der Waals surface area contributed by atoms with E-state index in [4.69, 9.17) is 0 Å². The minimum atomic E-state index is -4.58. The third-order valence-electron chi connectivity index (χ3n) is 3.92. The molecule has 1 aliphatic rings. The Morgan fingerprint density at radius 3 is 2.39 bits per heavy atom. The van der Waals surface area contributed by atoms with Gasteiger partial charge in [0.2, 0.25) is 0 Å². The Kier molecular flexibility index (Phi) is 3.64. The molecule has 1 heterocycles. The molecule has 3 rings (SSSR count). The van der Waals surface area contributed by atoms with Gasteiger partial charge >= 0.3 is 6.18 Å². The second kappa shape index (κ2) is 5.38. The van der Waals surface area contributed by atoms with Crippen LogP contribution in [0.4, 0.5) is 18.9 Å². The van der Waals surface area contributed by atoms with Gasteiger partial charge in [-0.3, -0.25) is 4.79 Å². The normalized spacial score (nSPS) is 15.7. The first-order valence-corrected chi connectivity index (χ1v) is 7.08. The van der Waals surface area contributed by atoms with Gasteiger partial charge < -0.3 is 10.0 Å². The zero-order chi connectivity index (χ0) is 16.8. The van der Waals surface area contributed by atoms with Crippen LogP contribution in [-0.4, -0.2) is 11.0 Å². The monoisotopic (exact) mass is 321 g/mol. The lowest BCUT2D eigenvalue weighted by Gasteiger charge is -2.16. The quantitative estimate of drug-likeness (QED) is 0.911. The SMILES string of the molecule is CC(O)c1cc2c(c(C(F)(F)F)c1)CN(c1ccccc1)C2=O. The van der Waals surface area contributed by atoms with Gasteiger partial charge in [-0.15, -0.1) is 0 Å². The van der Waals surface area contributed by atoms with Crippen LogP contribution in [0.5, 0.6) is 0 Å². The van der Waals surface area contributed by atoms with Gasteiger partial charge in [-0.05, 0) is 42.3 Å². The molecule has 120 valence electrons. The number of hydrogen-bond acceptors (Lipinski definition) is 2. The van der Waals surface area contributed by atoms with Crippen molar-refractivity contribution < 1.29 is 23.1 Å². The molecule has 0 spiro atoms. The molecule has 2 aromatic carbocycles. The van der Waals surface area contributed by atoms with Gasteiger partial charge in [0.1, 0.15) is 0 Å². The Hall–Kier alpha value is -2.34. The van der Waals surface area contributed by atoms with Crippen LogP contribution in [0.3, 0.4) is 0 Å². The number of aliphatic hydroxyl groups is 1. The lowest BCUT2D eigenvalue weighted by atomic mass is 9.97. The van der Waals surface area contributed by atoms with E-state index >= 15 is 0 Å². The summed E-state index contributed by atoms with van der Waals surface area (Å²) in [6.07, 6.45) is -5.66. The van der Waals surface area contributed by atoms with E-state index in [0.29, 0.717) is 5.69 Å². The van der Waals surface area contributed by atoms with E-state index in [0.717, 1.165) is 6.07 Å². The number of aliphatic hydroxyl groups excluding tert-OH is 1. The van der Waals surface area contributed by atoms with E-state index < -0.39 is 23.8 Å². The van der Waals surface area contributed by atoms with E-state index in [2.05, 4.69) is 0 Å². The number of halogens is 3. The maximum atomic E-state index is 13.3. The Bertz CT molecular complexity index is 754. The average Bonchev–Trinajstić information content (AvgIpc) is 2.83. The second-order valence-corrected chi connectivity index (χ2v) is 5.50. The molecule has 1 atom stereocenters. The zero-order valence-corrected chi connectivity index (χ0v) is 12.3. The molecule has 0 bridgehead atoms. The van der Waals surface area contributed by atoms with Crippen LogP contribution >= 0.6 is 0 Å². The van der Waals surface area contributed by atoms with Gasteiger partial charge in [-0.2, -0.15) is 13.2 Å². The molecule has 0 aliphatic carbocycles. The predicted octanol–water partition coefficient (Wildman–Crippen LogP) is 3.92. The number of anilines is 1. The molecule has 2 aromatic rings. The highest BCUT2D eigenvalue weighted by Crippen LogP contribution is 2.40. The van der Waals surface area contributed by atoms with E-state index in [-0.39, 0.29) is 23.2 Å². The van der Waals surface area contributed by atoms with Crippen molar-refractivity contribution in [2.75, 3.05) is 4.90 Å². The fourth-order valence-electron chi connectivity index (χ4n) is 2.74. The molecule has 0 radical (unpaired) electrons. The molecule has 0 saturated heterocycles. The maximum absolute atomic E-state index is 13.3. The molecule has 6 heteroatoms. The number of benzene rings is 2. The Morgan fingerprint density at radius 2 is 1.83 bits per heavy atom. The van der Waals surface area contributed by atoms with Crippen LogP contribution in [0, 0.1) is 0 Å². The number of alkyl halides is 3. The predicted molar refractivity (Wildman–Crippen MR) is 79.0 cm³/mol. The lowest BCUT2D eigenvalue weighted by molar-refractivity contribution is -0.138. The van der Waals surface area contributed by atoms with Gasteiger partial charge in [0.25, 0.3) is 5.91 Å². The molecule has 0 fully saturated rings. The summed E-state index contributed by atoms with van der Waals surface area (Å²) in [6, 6.07) is 10.8. The summed E-state index contributed by atoms with van der Waals surface area (Å²) >= 11 is 0. The molecule has 1 aliphatic heterocycles. The Morgan fingerprint density at radius 1 is 1.17 bits per heavy atom. The average molecular weight is 321 g/mol. The Balaban J connectivity index is 2.14. The molecule has 3 nitrogen and oxygen atoms in total. The summed E-state index contributed by atoms with van der Waals surface area (Å²) in [4.78, 5) is 13.8. The lowest BCUT2D eigenvalue weighted by Crippen LogP contribution is -2.22. The highest BCUT2D eigenvalue weighted by molar-refractivity contribution is 6.10. The number of fused-ring (bicyclic) bond motifs is 1. The maximum Gasteiger partial charge on any atom is 0.416 e. The number of amides is 1. The smallest absolute Gasteiger partial charge is 0.389 e. The van der Waals surface area contributed by atoms with Crippen molar-refractivity contribution in [3.05, 3.63) is 64.7 Å². The minimum Gasteiger partial charge on any atom is -0.389 e. The Labute approximate surface area is 131 Å². The van der Waals surface area contributed by atoms with Gasteiger partial charge in [-0.1, -0.05) is 18.2 Å². The number of rotatable bonds is 2. The number of carbonyl (C=O) groups excluding carboxylic acids is 1. The van der Waals surface area contributed by atoms with Crippen molar-refractivity contribution in [3.63, 3.8) is 0 Å². The number of nitrogens with zero attached hydrogens (tertiary/aromatic N) is 1. The van der Waals surface area contributed by atoms with Crippen molar-refractivity contribution in [2.45, 2.75) is 25.7 Å². The van der Waals surface area contributed by atoms with Crippen molar-refractivity contribution in [3.8, 4) is 0 Å². The molecular formula is C17H14F3NO2. The summed E-state index contributed by atoms with van der Waals surface area (Å²) in [5.74, 6) is -0.487.